The number of rotatable bonds is 2. The smallest absolute Gasteiger partial charge is 0.476 e. The molecule has 0 aliphatic carbocycles. The van der Waals surface area contributed by atoms with E-state index in [0.29, 0.717) is 17.0 Å². The first-order valence-electron chi connectivity index (χ1n) is 9.61. The number of nitrogens with zero attached hydrogens (tertiary/aromatic N) is 2. The van der Waals surface area contributed by atoms with E-state index in [2.05, 4.69) is 15.7 Å². The topological polar surface area (TPSA) is 68.6 Å². The molecule has 3 heterocycles. The first-order valence-corrected chi connectivity index (χ1v) is 10.5. The van der Waals surface area contributed by atoms with Crippen molar-refractivity contribution in [3.63, 3.8) is 0 Å². The molecule has 1 amide bonds. The second-order valence-electron chi connectivity index (χ2n) is 7.51. The van der Waals surface area contributed by atoms with Gasteiger partial charge < -0.3 is 10.1 Å². The summed E-state index contributed by atoms with van der Waals surface area (Å²) >= 11 is 1.16. The molecule has 165 valence electrons. The molecule has 2 aromatic rings. The molecule has 5 rings (SSSR count). The lowest BCUT2D eigenvalue weighted by Crippen LogP contribution is -2.54. The summed E-state index contributed by atoms with van der Waals surface area (Å²) < 4.78 is 59.5. The fourth-order valence-corrected chi connectivity index (χ4v) is 5.11. The van der Waals surface area contributed by atoms with Crippen molar-refractivity contribution in [1.29, 1.82) is 0 Å². The summed E-state index contributed by atoms with van der Waals surface area (Å²) in [5, 5.41) is 3.43. The molecule has 3 aliphatic heterocycles. The zero-order chi connectivity index (χ0) is 22.6. The van der Waals surface area contributed by atoms with Gasteiger partial charge in [-0.05, 0) is 53.6 Å². The molecule has 1 saturated heterocycles. The van der Waals surface area contributed by atoms with Crippen LogP contribution in [0.1, 0.15) is 28.0 Å². The van der Waals surface area contributed by atoms with E-state index in [0.717, 1.165) is 34.1 Å². The maximum atomic E-state index is 13.5. The Kier molecular flexibility index (Phi) is 4.99. The normalized spacial score (nSPS) is 23.0. The Bertz CT molecular complexity index is 1160. The number of thioether (sulfide) groups is 1. The summed E-state index contributed by atoms with van der Waals surface area (Å²) in [4.78, 5) is 15.7. The van der Waals surface area contributed by atoms with Crippen LogP contribution in [0.4, 0.5) is 23.2 Å². The van der Waals surface area contributed by atoms with Gasteiger partial charge in [-0.3, -0.25) is 4.79 Å². The third kappa shape index (κ3) is 3.65. The average Bonchev–Trinajstić information content (AvgIpc) is 3.16. The monoisotopic (exact) mass is 464 g/mol. The number of carbonyl (C=O) groups is 1. The molecule has 0 bridgehead atoms. The highest BCUT2D eigenvalue weighted by molar-refractivity contribution is 8.14. The summed E-state index contributed by atoms with van der Waals surface area (Å²) in [6.45, 7) is 1.75. The van der Waals surface area contributed by atoms with Crippen LogP contribution in [0.3, 0.4) is 0 Å². The number of fused-ring (bicyclic) bond motifs is 2. The number of aliphatic imine (C=N–C) groups is 1. The molecule has 2 aromatic carbocycles. The standard InChI is InChI=1S/C21H16F4N4O2S/c1-10-6-12(7-14-18(10)31-9-16(30)27-14)19-17(11-2-4-13(22)5-3-11)28-29-15(21(23,24)25)8-26-20(29)32-19/h2-8,17,19,28H,9H2,1H3,(H,27,30)/q+1. The van der Waals surface area contributed by atoms with Gasteiger partial charge in [-0.2, -0.15) is 18.2 Å². The number of anilines is 1. The first-order chi connectivity index (χ1) is 15.2. The number of aryl methyl sites for hydroxylation is 1. The Morgan fingerprint density at radius 2 is 1.94 bits per heavy atom. The number of carbonyl (C=O) groups excluding carboxylic acids is 1. The van der Waals surface area contributed by atoms with Crippen molar-refractivity contribution in [2.24, 2.45) is 4.99 Å². The molecular formula is C21H16F4N4O2S+. The minimum atomic E-state index is -4.59. The molecule has 1 fully saturated rings. The molecule has 2 unspecified atom stereocenters. The van der Waals surface area contributed by atoms with Gasteiger partial charge in [-0.15, -0.1) is 0 Å². The Balaban J connectivity index is 1.56. The molecule has 0 saturated carbocycles. The number of amidine groups is 1. The number of allylic oxidation sites excluding steroid dienone is 1. The van der Waals surface area contributed by atoms with Crippen molar-refractivity contribution in [3.05, 3.63) is 70.8 Å². The summed E-state index contributed by atoms with van der Waals surface area (Å²) in [6, 6.07) is 8.57. The van der Waals surface area contributed by atoms with E-state index in [1.807, 2.05) is 13.0 Å². The van der Waals surface area contributed by atoms with E-state index >= 15 is 0 Å². The van der Waals surface area contributed by atoms with Crippen molar-refractivity contribution in [1.82, 2.24) is 10.4 Å². The maximum Gasteiger partial charge on any atom is 0.476 e. The fraction of sp³-hybridized carbons (Fsp3) is 0.238. The Morgan fingerprint density at radius 3 is 2.66 bits per heavy atom. The molecule has 2 N–H and O–H groups in total. The van der Waals surface area contributed by atoms with Crippen LogP contribution in [0.25, 0.3) is 0 Å². The highest BCUT2D eigenvalue weighted by Gasteiger charge is 2.57. The van der Waals surface area contributed by atoms with Crippen LogP contribution in [0, 0.1) is 12.7 Å². The van der Waals surface area contributed by atoms with Crippen LogP contribution in [0.5, 0.6) is 5.75 Å². The van der Waals surface area contributed by atoms with Crippen LogP contribution in [-0.4, -0.2) is 23.9 Å². The van der Waals surface area contributed by atoms with Crippen molar-refractivity contribution in [2.75, 3.05) is 11.9 Å². The number of hydrogen-bond donors (Lipinski definition) is 2. The zero-order valence-corrected chi connectivity index (χ0v) is 17.4. The van der Waals surface area contributed by atoms with Gasteiger partial charge in [0, 0.05) is 5.01 Å². The molecule has 2 atom stereocenters. The molecule has 32 heavy (non-hydrogen) atoms. The highest BCUT2D eigenvalue weighted by Crippen LogP contribution is 2.49. The van der Waals surface area contributed by atoms with Gasteiger partial charge in [-0.1, -0.05) is 23.6 Å². The van der Waals surface area contributed by atoms with Gasteiger partial charge in [0.15, 0.2) is 6.61 Å². The average molecular weight is 464 g/mol. The molecule has 0 spiro atoms. The number of ether oxygens (including phenoxy) is 1. The highest BCUT2D eigenvalue weighted by atomic mass is 32.2. The molecule has 3 aliphatic rings. The van der Waals surface area contributed by atoms with Gasteiger partial charge >= 0.3 is 17.0 Å². The number of alkyl halides is 3. The van der Waals surface area contributed by atoms with Crippen molar-refractivity contribution < 1.29 is 27.1 Å². The molecule has 6 nitrogen and oxygen atoms in total. The Hall–Kier alpha value is -2.89. The van der Waals surface area contributed by atoms with Crippen molar-refractivity contribution in [2.45, 2.75) is 24.4 Å². The molecule has 1 radical (unpaired) electrons. The lowest BCUT2D eigenvalue weighted by molar-refractivity contribution is -0.118. The lowest BCUT2D eigenvalue weighted by atomic mass is 9.96. The van der Waals surface area contributed by atoms with Crippen LogP contribution in [-0.2, 0) is 4.79 Å². The molecule has 0 aromatic heterocycles. The van der Waals surface area contributed by atoms with Crippen LogP contribution in [0.2, 0.25) is 0 Å². The van der Waals surface area contributed by atoms with Gasteiger partial charge in [-0.25, -0.2) is 4.39 Å². The predicted molar refractivity (Wildman–Crippen MR) is 112 cm³/mol. The third-order valence-electron chi connectivity index (χ3n) is 5.30. The number of hydrogen-bond acceptors (Lipinski definition) is 6. The first kappa shape index (κ1) is 21.0. The van der Waals surface area contributed by atoms with Crippen molar-refractivity contribution in [3.8, 4) is 5.75 Å². The van der Waals surface area contributed by atoms with E-state index in [1.54, 1.807) is 6.07 Å². The van der Waals surface area contributed by atoms with Crippen molar-refractivity contribution >= 4 is 28.5 Å². The number of hydrazine groups is 1. The largest absolute Gasteiger partial charge is 0.481 e. The van der Waals surface area contributed by atoms with E-state index in [4.69, 9.17) is 4.74 Å². The van der Waals surface area contributed by atoms with Crippen LogP contribution >= 0.6 is 11.8 Å². The van der Waals surface area contributed by atoms with Gasteiger partial charge in [0.25, 0.3) is 5.91 Å². The quantitative estimate of drug-likeness (QED) is 0.510. The second kappa shape index (κ2) is 7.61. The van der Waals surface area contributed by atoms with E-state index in [1.165, 1.54) is 24.3 Å². The summed E-state index contributed by atoms with van der Waals surface area (Å²) in [5.41, 5.74) is 4.63. The minimum absolute atomic E-state index is 0.0806. The molecular weight excluding hydrogens is 448 g/mol. The van der Waals surface area contributed by atoms with Crippen LogP contribution in [0.15, 0.2) is 53.3 Å². The number of benzene rings is 2. The van der Waals surface area contributed by atoms with E-state index in [9.17, 15) is 22.4 Å². The lowest BCUT2D eigenvalue weighted by Gasteiger charge is -2.32. The summed E-state index contributed by atoms with van der Waals surface area (Å²) in [7, 11) is 0. The van der Waals surface area contributed by atoms with E-state index < -0.39 is 29.0 Å². The second-order valence-corrected chi connectivity index (χ2v) is 8.62. The van der Waals surface area contributed by atoms with Crippen LogP contribution < -0.4 is 20.5 Å². The summed E-state index contributed by atoms with van der Waals surface area (Å²) in [5.74, 6) is -0.178. The fourth-order valence-electron chi connectivity index (χ4n) is 3.89. The van der Waals surface area contributed by atoms with Gasteiger partial charge in [0.2, 0.25) is 0 Å². The molecule has 11 heteroatoms. The Morgan fingerprint density at radius 1 is 1.19 bits per heavy atom. The SMILES string of the molecule is Cc1cc(C2SC3=NC=C(C(F)(F)F)[N+]3NC2c2ccc(F)cc2)cc2c1OCC(=O)N2. The summed E-state index contributed by atoms with van der Waals surface area (Å²) in [6.07, 6.45) is -3.81. The zero-order valence-electron chi connectivity index (χ0n) is 16.5. The number of amides is 1. The van der Waals surface area contributed by atoms with Gasteiger partial charge in [0.1, 0.15) is 23.8 Å². The maximum absolute atomic E-state index is 13.5. The minimum Gasteiger partial charge on any atom is -0.481 e. The Labute approximate surface area is 184 Å². The number of halogens is 4. The van der Waals surface area contributed by atoms with Gasteiger partial charge in [0.05, 0.1) is 10.9 Å². The number of nitrogens with one attached hydrogen (secondary N) is 2. The van der Waals surface area contributed by atoms with E-state index in [-0.39, 0.29) is 17.7 Å². The predicted octanol–water partition coefficient (Wildman–Crippen LogP) is 4.41. The third-order valence-corrected chi connectivity index (χ3v) is 6.60.